The second-order valence-electron chi connectivity index (χ2n) is 40.4. The Kier molecular flexibility index (Phi) is 36.5. The summed E-state index contributed by atoms with van der Waals surface area (Å²) in [7, 11) is 18.3. The Balaban J connectivity index is 0.000000177. The van der Waals surface area contributed by atoms with Crippen LogP contribution < -0.4 is 4.74 Å². The van der Waals surface area contributed by atoms with Gasteiger partial charge in [-0.2, -0.15) is 0 Å². The Morgan fingerprint density at radius 1 is 0.504 bits per heavy atom. The number of rotatable bonds is 24. The van der Waals surface area contributed by atoms with Crippen LogP contribution in [0, 0.1) is 88.3 Å². The minimum absolute atomic E-state index is 0.00717. The highest BCUT2D eigenvalue weighted by atomic mass is 35.5. The van der Waals surface area contributed by atoms with Gasteiger partial charge in [0.25, 0.3) is 0 Å². The van der Waals surface area contributed by atoms with E-state index in [1.54, 1.807) is 48.7 Å². The fraction of sp³-hybridized carbons (Fsp3) is 0.740. The van der Waals surface area contributed by atoms with Crippen molar-refractivity contribution in [3.63, 3.8) is 0 Å². The van der Waals surface area contributed by atoms with Crippen LogP contribution in [0.2, 0.25) is 0 Å². The molecule has 730 valence electrons. The zero-order chi connectivity index (χ0) is 94.1. The van der Waals surface area contributed by atoms with Crippen LogP contribution >= 0.6 is 23.2 Å². The van der Waals surface area contributed by atoms with Gasteiger partial charge in [0.15, 0.2) is 36.7 Å². The molecule has 0 amide bonds. The number of benzene rings is 2. The van der Waals surface area contributed by atoms with Gasteiger partial charge in [0, 0.05) is 78.4 Å². The molecule has 6 heterocycles. The lowest BCUT2D eigenvalue weighted by atomic mass is 9.67. The van der Waals surface area contributed by atoms with Gasteiger partial charge in [-0.25, -0.2) is 0 Å². The number of fused-ring (bicyclic) bond motifs is 10. The second-order valence-corrected chi connectivity index (χ2v) is 41.4. The number of para-hydroxylation sites is 1. The van der Waals surface area contributed by atoms with Crippen molar-refractivity contribution in [3.05, 3.63) is 118 Å². The molecule has 2 aromatic rings. The van der Waals surface area contributed by atoms with Crippen LogP contribution in [-0.2, 0) is 111 Å². The van der Waals surface area contributed by atoms with Crippen LogP contribution in [0.4, 0.5) is 0 Å². The second kappa shape index (κ2) is 46.4. The molecule has 25 nitrogen and oxygen atoms in total. The largest absolute Gasteiger partial charge is 0.462 e. The lowest BCUT2D eigenvalue weighted by molar-refractivity contribution is -0.314. The van der Waals surface area contributed by atoms with E-state index >= 15 is 0 Å². The Hall–Kier alpha value is -5.37. The predicted octanol–water partition coefficient (Wildman–Crippen LogP) is 17.5. The number of allylic oxidation sites excluding steroid dienone is 9. The van der Waals surface area contributed by atoms with Gasteiger partial charge < -0.3 is 95.1 Å². The first kappa shape index (κ1) is 103. The molecule has 3 saturated carbocycles. The first-order chi connectivity index (χ1) is 62.7. The highest BCUT2D eigenvalue weighted by Gasteiger charge is 2.62. The molecule has 2 aromatic carbocycles. The number of halogens is 2. The molecule has 36 atom stereocenters. The number of carbonyl (C=O) groups is 5. The summed E-state index contributed by atoms with van der Waals surface area (Å²) in [6.45, 7) is 22.8. The van der Waals surface area contributed by atoms with Gasteiger partial charge in [-0.15, -0.1) is 0 Å². The molecule has 27 heteroatoms. The van der Waals surface area contributed by atoms with E-state index in [2.05, 4.69) is 103 Å². The minimum Gasteiger partial charge on any atom is -0.462 e. The summed E-state index contributed by atoms with van der Waals surface area (Å²) in [5, 5.41) is 0. The third-order valence-electron chi connectivity index (χ3n) is 31.6. The number of carbonyl (C=O) groups excluding carboxylic acids is 5. The first-order valence-electron chi connectivity index (χ1n) is 48.8. The average molecular weight is 1870 g/mol. The summed E-state index contributed by atoms with van der Waals surface area (Å²) in [6, 6.07) is 17.7. The lowest BCUT2D eigenvalue weighted by Gasteiger charge is -2.44. The molecular weight excluding hydrogens is 1720 g/mol. The molecule has 15 rings (SSSR count). The SMILES string of the molecule is CC1(C)C(C=C(Cl)Cl)C1C(=O)OCc1cccc(Oc2ccccc2)c1.CC[C@H]1CCC[C@H](O[C@H]2CC[C@H](N(C)C)[C@@H](C)O2)[C@@H](C)C(=O)C2=C[C@@H]3[C@@H](C=C(C)[C@@H]4C[C@@H](O[C@@H]5O[C@@H](C)[C@H](OC)[C@@H](OC)[C@H]5OC)C[C@@H]34)[C@@H]2CC(=O)O1.CC[C@H]1CCC[C@H](O[C@H]2CC[C@H](N(C)C)[C@@H](C)O2)[C@@H](C)C(=O)C2=C[C@@H]3[C@@H](C=C[C@@H]4C[C@@H](O[C@@H]5O[C@@H](C)[C@H](OC)[C@@H](OC)[C@H]5OC)C[C@@H]34)[C@@H]2CC(=O)O1. The first-order valence-corrected chi connectivity index (χ1v) is 49.5. The maximum absolute atomic E-state index is 14.7. The number of likely N-dealkylation sites (N-methyl/N-ethyl adjacent to an activating group) is 2. The third-order valence-corrected chi connectivity index (χ3v) is 31.9. The number of ether oxygens (including phenoxy) is 18. The van der Waals surface area contributed by atoms with Crippen LogP contribution in [-0.4, -0.2) is 245 Å². The molecule has 0 N–H and O–H groups in total. The zero-order valence-electron chi connectivity index (χ0n) is 81.4. The van der Waals surface area contributed by atoms with Crippen molar-refractivity contribution < 1.29 is 109 Å². The highest BCUT2D eigenvalue weighted by molar-refractivity contribution is 6.55. The van der Waals surface area contributed by atoms with Gasteiger partial charge in [0.05, 0.1) is 67.6 Å². The molecule has 6 saturated heterocycles. The number of hydrogen-bond acceptors (Lipinski definition) is 25. The molecule has 7 aliphatic carbocycles. The van der Waals surface area contributed by atoms with E-state index in [0.717, 1.165) is 112 Å². The number of nitrogens with zero attached hydrogens (tertiary/aromatic N) is 2. The van der Waals surface area contributed by atoms with Crippen molar-refractivity contribution >= 4 is 52.7 Å². The minimum atomic E-state index is -0.598. The molecule has 6 aliphatic heterocycles. The summed E-state index contributed by atoms with van der Waals surface area (Å²) < 4.78 is 111. The quantitative estimate of drug-likeness (QED) is 0.0537. The normalized spacial score (nSPS) is 40.5. The summed E-state index contributed by atoms with van der Waals surface area (Å²) in [4.78, 5) is 73.3. The van der Waals surface area contributed by atoms with E-state index in [9.17, 15) is 24.0 Å². The maximum atomic E-state index is 14.7. The number of methoxy groups -OCH3 is 6. The van der Waals surface area contributed by atoms with Crippen molar-refractivity contribution in [1.29, 1.82) is 0 Å². The molecule has 2 unspecified atom stereocenters. The van der Waals surface area contributed by atoms with Crippen LogP contribution in [0.15, 0.2) is 112 Å². The number of esters is 3. The summed E-state index contributed by atoms with van der Waals surface area (Å²) in [5.74, 6) is 1.04. The molecular formula is C104H152Cl2N2O23. The van der Waals surface area contributed by atoms with Crippen LogP contribution in [0.5, 0.6) is 11.5 Å². The Morgan fingerprint density at radius 2 is 0.985 bits per heavy atom. The summed E-state index contributed by atoms with van der Waals surface area (Å²) in [5.41, 5.74) is 3.51. The molecule has 131 heavy (non-hydrogen) atoms. The Bertz CT molecular complexity index is 4270. The fourth-order valence-electron chi connectivity index (χ4n) is 24.3. The zero-order valence-corrected chi connectivity index (χ0v) is 82.9. The van der Waals surface area contributed by atoms with Crippen LogP contribution in [0.1, 0.15) is 197 Å². The predicted molar refractivity (Wildman–Crippen MR) is 496 cm³/mol. The standard InChI is InChI=1S/C42H67NO10.C41H65NO10.C21H20Cl2O3/c1-11-26-13-12-14-35(53-37-16-15-34(43(6)7)24(4)49-37)23(3)38(45)33-20-31-29(32(33)21-36(44)51-26)17-22(2)28-18-27(19-30(28)31)52-42-41(48-10)40(47-9)39(46-8)25(5)50-42;1-10-26-12-11-13-34(52-36-17-16-33(42(5)6)23(3)48-36)22(2)37(44)32-20-30-28(31(32)21-35(43)50-26)15-14-25-18-27(19-29(25)30)51-41-40(47-9)39(46-8)38(45-7)24(4)49-41;1-21(2)17(12-18(22)23)19(21)20(24)25-13-14-7-6-10-16(11-14)26-15-8-4-3-5-9-15/h17,20,23-32,34-35,37,39-42H,11-16,18-19,21H2,1-10H3;14-15,20,22-31,33-34,36,38-41H,10-13,16-19,21H2,1-9H3;3-12,17,19H,13H2,1-2H3/t23-,24-,25+,26+,27-,28+,29-,30-,31-,32+,34+,35+,37+,39+,40-,41-,42+;22-,23-,24+,25-,26+,27-,28-,29-,30-,31+,33+,34+,36+,38+,39-,40-,41+;/m11./s1. The lowest BCUT2D eigenvalue weighted by Crippen LogP contribution is -2.59. The number of cyclic esters (lactones) is 2. The van der Waals surface area contributed by atoms with E-state index in [1.165, 1.54) is 5.57 Å². The molecule has 0 aromatic heterocycles. The summed E-state index contributed by atoms with van der Waals surface area (Å²) >= 11 is 11.5. The van der Waals surface area contributed by atoms with Crippen molar-refractivity contribution in [1.82, 2.24) is 9.80 Å². The summed E-state index contributed by atoms with van der Waals surface area (Å²) in [6.07, 6.45) is 21.1. The third kappa shape index (κ3) is 24.1. The number of hydrogen-bond donors (Lipinski definition) is 0. The molecule has 0 bridgehead atoms. The number of Topliss-reactive ketones (excluding diaryl/α,β-unsaturated/α-hetero) is 2. The van der Waals surface area contributed by atoms with Crippen LogP contribution in [0.25, 0.3) is 0 Å². The Morgan fingerprint density at radius 3 is 1.47 bits per heavy atom. The molecule has 0 spiro atoms. The van der Waals surface area contributed by atoms with E-state index in [-0.39, 0.29) is 228 Å². The van der Waals surface area contributed by atoms with Gasteiger partial charge in [0.2, 0.25) is 0 Å². The van der Waals surface area contributed by atoms with Crippen molar-refractivity contribution in [2.24, 2.45) is 88.3 Å². The molecule has 13 aliphatic rings. The van der Waals surface area contributed by atoms with E-state index in [4.69, 9.17) is 108 Å². The monoisotopic (exact) mass is 1870 g/mol. The van der Waals surface area contributed by atoms with E-state index in [1.807, 2.05) is 96.1 Å². The van der Waals surface area contributed by atoms with Gasteiger partial charge >= 0.3 is 17.9 Å². The highest BCUT2D eigenvalue weighted by Crippen LogP contribution is 2.61. The van der Waals surface area contributed by atoms with Gasteiger partial charge in [-0.1, -0.05) is 131 Å². The fourth-order valence-corrected chi connectivity index (χ4v) is 24.6. The number of ketones is 2. The van der Waals surface area contributed by atoms with Gasteiger partial charge in [-0.3, -0.25) is 24.0 Å². The topological polar surface area (TPSA) is 258 Å². The van der Waals surface area contributed by atoms with Gasteiger partial charge in [-0.05, 0) is 271 Å². The van der Waals surface area contributed by atoms with E-state index < -0.39 is 24.8 Å². The Labute approximate surface area is 789 Å². The van der Waals surface area contributed by atoms with Crippen LogP contribution in [0.3, 0.4) is 0 Å². The van der Waals surface area contributed by atoms with Gasteiger partial charge in [0.1, 0.15) is 71.4 Å². The molecule has 9 fully saturated rings. The maximum Gasteiger partial charge on any atom is 0.310 e. The smallest absolute Gasteiger partial charge is 0.310 e. The molecule has 0 radical (unpaired) electrons. The van der Waals surface area contributed by atoms with Crippen molar-refractivity contribution in [2.45, 2.75) is 333 Å². The average Bonchev–Trinajstić information content (AvgIpc) is 1.58. The van der Waals surface area contributed by atoms with E-state index in [0.29, 0.717) is 42.5 Å². The van der Waals surface area contributed by atoms with Crippen molar-refractivity contribution in [2.75, 3.05) is 70.8 Å². The van der Waals surface area contributed by atoms with Crippen molar-refractivity contribution in [3.8, 4) is 11.5 Å².